The predicted octanol–water partition coefficient (Wildman–Crippen LogP) is 3.73. The summed E-state index contributed by atoms with van der Waals surface area (Å²) in [7, 11) is 0. The van der Waals surface area contributed by atoms with Crippen molar-refractivity contribution < 1.29 is 29.4 Å². The number of amides is 2. The fourth-order valence-electron chi connectivity index (χ4n) is 3.73. The van der Waals surface area contributed by atoms with Crippen molar-refractivity contribution in [2.75, 3.05) is 13.2 Å². The topological polar surface area (TPSA) is 147 Å². The van der Waals surface area contributed by atoms with E-state index >= 15 is 0 Å². The van der Waals surface area contributed by atoms with Gasteiger partial charge in [0.05, 0.1) is 12.5 Å². The third kappa shape index (κ3) is 19.2. The van der Waals surface area contributed by atoms with Gasteiger partial charge in [-0.25, -0.2) is 0 Å². The normalized spacial score (nSPS) is 12.8. The molecule has 33 heavy (non-hydrogen) atoms. The van der Waals surface area contributed by atoms with Crippen molar-refractivity contribution in [2.45, 2.75) is 110 Å². The van der Waals surface area contributed by atoms with E-state index in [1.807, 2.05) is 6.92 Å². The zero-order valence-corrected chi connectivity index (χ0v) is 20.5. The van der Waals surface area contributed by atoms with Gasteiger partial charge >= 0.3 is 5.97 Å². The zero-order valence-electron chi connectivity index (χ0n) is 20.5. The molecule has 0 saturated carbocycles. The molecule has 192 valence electrons. The Hall–Kier alpha value is -1.96. The molecule has 0 heterocycles. The maximum atomic E-state index is 12.1. The molecule has 0 aromatic rings. The summed E-state index contributed by atoms with van der Waals surface area (Å²) in [6.07, 6.45) is 13.9. The van der Waals surface area contributed by atoms with Gasteiger partial charge in [0, 0.05) is 31.7 Å². The Kier molecular flexibility index (Phi) is 19.4. The maximum absolute atomic E-state index is 12.1. The van der Waals surface area contributed by atoms with E-state index in [9.17, 15) is 19.2 Å². The number of carbonyl (C=O) groups is 4. The van der Waals surface area contributed by atoms with Crippen LogP contribution in [-0.2, 0) is 19.2 Å². The molecule has 8 nitrogen and oxygen atoms in total. The number of Topliss-reactive ketones (excluding diaryl/α,β-unsaturated/α-hetero) is 1. The van der Waals surface area contributed by atoms with E-state index in [0.29, 0.717) is 19.4 Å². The van der Waals surface area contributed by atoms with E-state index in [1.54, 1.807) is 0 Å². The predicted molar refractivity (Wildman–Crippen MR) is 128 cm³/mol. The number of carbonyl (C=O) groups excluding carboxylic acids is 3. The number of hydrogen-bond acceptors (Lipinski definition) is 5. The van der Waals surface area contributed by atoms with Crippen LogP contribution in [0.15, 0.2) is 0 Å². The Morgan fingerprint density at radius 2 is 1.30 bits per heavy atom. The smallest absolute Gasteiger partial charge is 0.303 e. The number of aliphatic hydroxyl groups excluding tert-OH is 1. The molecular weight excluding hydrogens is 424 g/mol. The molecule has 0 aliphatic heterocycles. The Balaban J connectivity index is 3.51. The number of aliphatic hydroxyl groups is 1. The van der Waals surface area contributed by atoms with Gasteiger partial charge in [-0.05, 0) is 25.7 Å². The van der Waals surface area contributed by atoms with Crippen LogP contribution in [0, 0.1) is 11.8 Å². The molecular formula is C25H46N2O6. The van der Waals surface area contributed by atoms with Gasteiger partial charge in [-0.3, -0.25) is 19.2 Å². The molecule has 0 rings (SSSR count). The number of carboxylic acids is 1. The lowest BCUT2D eigenvalue weighted by Crippen LogP contribution is -2.30. The summed E-state index contributed by atoms with van der Waals surface area (Å²) >= 11 is 0. The maximum Gasteiger partial charge on any atom is 0.303 e. The Bertz CT molecular complexity index is 567. The van der Waals surface area contributed by atoms with Crippen LogP contribution in [0.1, 0.15) is 110 Å². The summed E-state index contributed by atoms with van der Waals surface area (Å²) in [5.41, 5.74) is 5.15. The van der Waals surface area contributed by atoms with Crippen molar-refractivity contribution in [1.82, 2.24) is 5.32 Å². The van der Waals surface area contributed by atoms with Crippen LogP contribution < -0.4 is 11.1 Å². The van der Waals surface area contributed by atoms with Crippen LogP contribution in [0.5, 0.6) is 0 Å². The van der Waals surface area contributed by atoms with E-state index < -0.39 is 24.4 Å². The van der Waals surface area contributed by atoms with Gasteiger partial charge in [-0.1, -0.05) is 64.7 Å². The number of nitrogens with one attached hydrogen (secondary N) is 1. The molecule has 0 bridgehead atoms. The number of hydrogen-bond donors (Lipinski definition) is 4. The minimum atomic E-state index is -0.805. The first kappa shape index (κ1) is 31.0. The number of primary amides is 1. The molecule has 0 fully saturated rings. The average Bonchev–Trinajstić information content (AvgIpc) is 2.77. The molecule has 2 atom stereocenters. The second-order valence-electron chi connectivity index (χ2n) is 9.13. The zero-order chi connectivity index (χ0) is 24.9. The van der Waals surface area contributed by atoms with Gasteiger partial charge in [0.1, 0.15) is 5.78 Å². The first-order valence-electron chi connectivity index (χ1n) is 12.7. The van der Waals surface area contributed by atoms with Crippen molar-refractivity contribution in [3.8, 4) is 0 Å². The van der Waals surface area contributed by atoms with E-state index in [2.05, 4.69) is 5.32 Å². The number of nitrogens with two attached hydrogens (primary N) is 1. The van der Waals surface area contributed by atoms with Gasteiger partial charge in [-0.15, -0.1) is 0 Å². The molecule has 0 spiro atoms. The van der Waals surface area contributed by atoms with Crippen molar-refractivity contribution in [2.24, 2.45) is 17.6 Å². The first-order chi connectivity index (χ1) is 15.8. The molecule has 8 heteroatoms. The molecule has 0 saturated heterocycles. The van der Waals surface area contributed by atoms with Gasteiger partial charge in [0.25, 0.3) is 0 Å². The van der Waals surface area contributed by atoms with Gasteiger partial charge in [-0.2, -0.15) is 0 Å². The Labute approximate surface area is 199 Å². The summed E-state index contributed by atoms with van der Waals surface area (Å²) in [6, 6.07) is 0. The minimum absolute atomic E-state index is 0.0155. The van der Waals surface area contributed by atoms with Crippen LogP contribution in [-0.4, -0.2) is 46.9 Å². The summed E-state index contributed by atoms with van der Waals surface area (Å²) < 4.78 is 0. The minimum Gasteiger partial charge on any atom is -0.481 e. The summed E-state index contributed by atoms with van der Waals surface area (Å²) in [5, 5.41) is 20.6. The van der Waals surface area contributed by atoms with Gasteiger partial charge in [0.15, 0.2) is 0 Å². The molecule has 0 aliphatic carbocycles. The highest BCUT2D eigenvalue weighted by Gasteiger charge is 2.21. The standard InChI is InChI=1S/C25H46N2O6/c1-20(22(29)18-21(19-28)25(26)33)14-12-13-17-27-23(30)15-10-8-6-4-2-3-5-7-9-11-16-24(31)32/h20-21,28H,2-19H2,1H3,(H2,26,33)(H,27,30)(H,31,32)/t20-,21+/m1/s1. The lowest BCUT2D eigenvalue weighted by Gasteiger charge is -2.14. The molecule has 2 amide bonds. The highest BCUT2D eigenvalue weighted by Crippen LogP contribution is 2.15. The number of aliphatic carboxylic acids is 1. The van der Waals surface area contributed by atoms with E-state index in [0.717, 1.165) is 51.4 Å². The molecule has 0 aliphatic rings. The van der Waals surface area contributed by atoms with E-state index in [4.69, 9.17) is 15.9 Å². The molecule has 0 aromatic heterocycles. The van der Waals surface area contributed by atoms with Gasteiger partial charge in [0.2, 0.25) is 11.8 Å². The SMILES string of the molecule is C[C@H](CCCCNC(=O)CCCCCCCCCCCCC(=O)O)C(=O)C[C@@H](CO)C(N)=O. The Morgan fingerprint density at radius 1 is 0.788 bits per heavy atom. The second-order valence-corrected chi connectivity index (χ2v) is 9.13. The van der Waals surface area contributed by atoms with Gasteiger partial charge < -0.3 is 21.3 Å². The van der Waals surface area contributed by atoms with Crippen LogP contribution in [0.2, 0.25) is 0 Å². The summed E-state index contributed by atoms with van der Waals surface area (Å²) in [6.45, 7) is 2.02. The highest BCUT2D eigenvalue weighted by molar-refractivity contribution is 5.87. The number of carboxylic acid groups (broad SMARTS) is 1. The molecule has 5 N–H and O–H groups in total. The van der Waals surface area contributed by atoms with Crippen LogP contribution in [0.3, 0.4) is 0 Å². The van der Waals surface area contributed by atoms with Crippen LogP contribution in [0.25, 0.3) is 0 Å². The Morgan fingerprint density at radius 3 is 1.79 bits per heavy atom. The molecule has 0 unspecified atom stereocenters. The van der Waals surface area contributed by atoms with E-state index in [-0.39, 0.29) is 30.4 Å². The summed E-state index contributed by atoms with van der Waals surface area (Å²) in [5.74, 6) is -2.34. The monoisotopic (exact) mass is 470 g/mol. The quantitative estimate of drug-likeness (QED) is 0.167. The molecule has 0 aromatic carbocycles. The summed E-state index contributed by atoms with van der Waals surface area (Å²) in [4.78, 5) is 45.5. The van der Waals surface area contributed by atoms with Crippen molar-refractivity contribution in [1.29, 1.82) is 0 Å². The van der Waals surface area contributed by atoms with Crippen molar-refractivity contribution >= 4 is 23.6 Å². The fraction of sp³-hybridized carbons (Fsp3) is 0.840. The van der Waals surface area contributed by atoms with Crippen molar-refractivity contribution in [3.63, 3.8) is 0 Å². The molecule has 0 radical (unpaired) electrons. The second kappa shape index (κ2) is 20.6. The lowest BCUT2D eigenvalue weighted by molar-refractivity contribution is -0.137. The van der Waals surface area contributed by atoms with E-state index in [1.165, 1.54) is 25.7 Å². The largest absolute Gasteiger partial charge is 0.481 e. The number of ketones is 1. The lowest BCUT2D eigenvalue weighted by atomic mass is 9.92. The number of unbranched alkanes of at least 4 members (excludes halogenated alkanes) is 10. The van der Waals surface area contributed by atoms with Crippen LogP contribution in [0.4, 0.5) is 0 Å². The average molecular weight is 471 g/mol. The fourth-order valence-corrected chi connectivity index (χ4v) is 3.73. The third-order valence-electron chi connectivity index (χ3n) is 6.05. The highest BCUT2D eigenvalue weighted by atomic mass is 16.4. The third-order valence-corrected chi connectivity index (χ3v) is 6.05. The van der Waals surface area contributed by atoms with Crippen LogP contribution >= 0.6 is 0 Å². The first-order valence-corrected chi connectivity index (χ1v) is 12.7. The van der Waals surface area contributed by atoms with Crippen molar-refractivity contribution in [3.05, 3.63) is 0 Å². The number of rotatable bonds is 23.